The van der Waals surface area contributed by atoms with E-state index in [4.69, 9.17) is 5.73 Å². The van der Waals surface area contributed by atoms with Crippen molar-refractivity contribution < 1.29 is 9.59 Å². The Bertz CT molecular complexity index is 490. The zero-order valence-corrected chi connectivity index (χ0v) is 12.9. The zero-order chi connectivity index (χ0) is 14.5. The Balaban J connectivity index is 0.00000220. The third-order valence-electron chi connectivity index (χ3n) is 3.75. The van der Waals surface area contributed by atoms with Crippen LogP contribution in [0.3, 0.4) is 0 Å². The number of amides is 2. The van der Waals surface area contributed by atoms with E-state index < -0.39 is 11.8 Å². The van der Waals surface area contributed by atoms with E-state index in [1.165, 1.54) is 11.1 Å². The number of halogens is 1. The summed E-state index contributed by atoms with van der Waals surface area (Å²) in [5.41, 5.74) is 7.71. The van der Waals surface area contributed by atoms with Crippen LogP contribution in [-0.2, 0) is 16.0 Å². The second-order valence-electron chi connectivity index (χ2n) is 5.30. The number of hydrogen-bond donors (Lipinski definition) is 3. The van der Waals surface area contributed by atoms with Gasteiger partial charge in [-0.25, -0.2) is 0 Å². The second-order valence-corrected chi connectivity index (χ2v) is 5.30. The summed E-state index contributed by atoms with van der Waals surface area (Å²) < 4.78 is 0. The molecule has 5 nitrogen and oxygen atoms in total. The van der Waals surface area contributed by atoms with Crippen LogP contribution < -0.4 is 16.4 Å². The first-order valence-electron chi connectivity index (χ1n) is 6.91. The van der Waals surface area contributed by atoms with Gasteiger partial charge in [0.25, 0.3) is 0 Å². The lowest BCUT2D eigenvalue weighted by atomic mass is 9.94. The van der Waals surface area contributed by atoms with E-state index in [-0.39, 0.29) is 24.2 Å². The molecule has 0 aliphatic carbocycles. The molecule has 1 fully saturated rings. The van der Waals surface area contributed by atoms with Crippen molar-refractivity contribution in [2.24, 2.45) is 17.6 Å². The molecular weight excluding hydrogens is 290 g/mol. The van der Waals surface area contributed by atoms with Crippen LogP contribution in [0.5, 0.6) is 0 Å². The molecule has 1 aromatic rings. The highest BCUT2D eigenvalue weighted by molar-refractivity contribution is 5.87. The third-order valence-corrected chi connectivity index (χ3v) is 3.75. The van der Waals surface area contributed by atoms with Gasteiger partial charge in [0.2, 0.25) is 11.8 Å². The molecule has 2 unspecified atom stereocenters. The molecule has 0 saturated carbocycles. The lowest BCUT2D eigenvalue weighted by Gasteiger charge is -2.15. The molecule has 1 aliphatic heterocycles. The van der Waals surface area contributed by atoms with Crippen molar-refractivity contribution in [2.75, 3.05) is 19.6 Å². The fraction of sp³-hybridized carbons (Fsp3) is 0.467. The molecule has 2 rings (SSSR count). The highest BCUT2D eigenvalue weighted by atomic mass is 35.5. The van der Waals surface area contributed by atoms with Gasteiger partial charge in [-0.05, 0) is 18.9 Å². The van der Waals surface area contributed by atoms with E-state index in [2.05, 4.69) is 34.9 Å². The van der Waals surface area contributed by atoms with Gasteiger partial charge in [-0.3, -0.25) is 9.59 Å². The molecule has 1 saturated heterocycles. The van der Waals surface area contributed by atoms with Crippen LogP contribution >= 0.6 is 12.4 Å². The van der Waals surface area contributed by atoms with Crippen molar-refractivity contribution in [3.8, 4) is 0 Å². The van der Waals surface area contributed by atoms with Crippen LogP contribution in [0.25, 0.3) is 0 Å². The summed E-state index contributed by atoms with van der Waals surface area (Å²) in [5, 5.41) is 5.92. The molecule has 0 radical (unpaired) electrons. The molecule has 0 aromatic heterocycles. The van der Waals surface area contributed by atoms with Crippen LogP contribution in [0, 0.1) is 18.8 Å². The lowest BCUT2D eigenvalue weighted by Crippen LogP contribution is -2.40. The van der Waals surface area contributed by atoms with E-state index in [1.54, 1.807) is 0 Å². The van der Waals surface area contributed by atoms with Gasteiger partial charge in [-0.2, -0.15) is 0 Å². The minimum absolute atomic E-state index is 0. The molecule has 1 aromatic carbocycles. The smallest absolute Gasteiger partial charge is 0.225 e. The Hall–Kier alpha value is -1.59. The first-order chi connectivity index (χ1) is 9.58. The monoisotopic (exact) mass is 311 g/mol. The van der Waals surface area contributed by atoms with Crippen LogP contribution in [-0.4, -0.2) is 31.4 Å². The summed E-state index contributed by atoms with van der Waals surface area (Å²) in [6, 6.07) is 8.23. The Labute approximate surface area is 131 Å². The number of carbonyl (C=O) groups excluding carboxylic acids is 2. The third kappa shape index (κ3) is 4.72. The van der Waals surface area contributed by atoms with Gasteiger partial charge in [-0.1, -0.05) is 29.8 Å². The maximum atomic E-state index is 12.0. The number of nitrogens with one attached hydrogen (secondary N) is 2. The summed E-state index contributed by atoms with van der Waals surface area (Å²) >= 11 is 0. The molecule has 1 heterocycles. The Morgan fingerprint density at radius 1 is 1.24 bits per heavy atom. The van der Waals surface area contributed by atoms with Crippen molar-refractivity contribution in [1.82, 2.24) is 10.6 Å². The molecule has 21 heavy (non-hydrogen) atoms. The number of carbonyl (C=O) groups is 2. The molecule has 0 spiro atoms. The van der Waals surface area contributed by atoms with E-state index in [1.807, 2.05) is 6.92 Å². The first kappa shape index (κ1) is 17.5. The molecule has 4 N–H and O–H groups in total. The topological polar surface area (TPSA) is 84.2 Å². The van der Waals surface area contributed by atoms with Gasteiger partial charge in [0.1, 0.15) is 0 Å². The van der Waals surface area contributed by atoms with Gasteiger partial charge in [0.15, 0.2) is 0 Å². The summed E-state index contributed by atoms with van der Waals surface area (Å²) in [6.07, 6.45) is 0.785. The van der Waals surface area contributed by atoms with Crippen molar-refractivity contribution in [1.29, 1.82) is 0 Å². The van der Waals surface area contributed by atoms with Crippen molar-refractivity contribution in [3.05, 3.63) is 35.4 Å². The Morgan fingerprint density at radius 2 is 1.86 bits per heavy atom. The SMILES string of the molecule is Cc1ccc(CCNC(=O)C2CNCC2C(N)=O)cc1.Cl. The van der Waals surface area contributed by atoms with Gasteiger partial charge >= 0.3 is 0 Å². The molecule has 2 atom stereocenters. The highest BCUT2D eigenvalue weighted by Crippen LogP contribution is 2.16. The molecule has 0 bridgehead atoms. The first-order valence-corrected chi connectivity index (χ1v) is 6.91. The van der Waals surface area contributed by atoms with Crippen LogP contribution in [0.4, 0.5) is 0 Å². The molecular formula is C15H22ClN3O2. The Morgan fingerprint density at radius 3 is 2.48 bits per heavy atom. The number of nitrogens with two attached hydrogens (primary N) is 1. The quantitative estimate of drug-likeness (QED) is 0.736. The van der Waals surface area contributed by atoms with E-state index in [9.17, 15) is 9.59 Å². The van der Waals surface area contributed by atoms with E-state index in [0.717, 1.165) is 6.42 Å². The second kappa shape index (κ2) is 8.00. The maximum absolute atomic E-state index is 12.0. The maximum Gasteiger partial charge on any atom is 0.225 e. The zero-order valence-electron chi connectivity index (χ0n) is 12.1. The van der Waals surface area contributed by atoms with Crippen molar-refractivity contribution >= 4 is 24.2 Å². The number of primary amides is 1. The minimum atomic E-state index is -0.409. The average Bonchev–Trinajstić information content (AvgIpc) is 2.90. The average molecular weight is 312 g/mol. The predicted molar refractivity (Wildman–Crippen MR) is 84.2 cm³/mol. The van der Waals surface area contributed by atoms with Gasteiger partial charge in [0.05, 0.1) is 11.8 Å². The fourth-order valence-corrected chi connectivity index (χ4v) is 2.47. The van der Waals surface area contributed by atoms with E-state index >= 15 is 0 Å². The molecule has 6 heteroatoms. The lowest BCUT2D eigenvalue weighted by molar-refractivity contribution is -0.131. The molecule has 116 valence electrons. The summed E-state index contributed by atoms with van der Waals surface area (Å²) in [4.78, 5) is 23.3. The predicted octanol–water partition coefficient (Wildman–Crippen LogP) is 0.396. The van der Waals surface area contributed by atoms with Crippen LogP contribution in [0.15, 0.2) is 24.3 Å². The largest absolute Gasteiger partial charge is 0.369 e. The number of aryl methyl sites for hydroxylation is 1. The highest BCUT2D eigenvalue weighted by Gasteiger charge is 2.36. The fourth-order valence-electron chi connectivity index (χ4n) is 2.47. The van der Waals surface area contributed by atoms with Gasteiger partial charge in [0, 0.05) is 19.6 Å². The number of rotatable bonds is 5. The number of benzene rings is 1. The van der Waals surface area contributed by atoms with Gasteiger partial charge in [-0.15, -0.1) is 12.4 Å². The van der Waals surface area contributed by atoms with Crippen LogP contribution in [0.2, 0.25) is 0 Å². The minimum Gasteiger partial charge on any atom is -0.369 e. The van der Waals surface area contributed by atoms with Crippen LogP contribution in [0.1, 0.15) is 11.1 Å². The molecule has 1 aliphatic rings. The van der Waals surface area contributed by atoms with Crippen molar-refractivity contribution in [2.45, 2.75) is 13.3 Å². The summed E-state index contributed by atoms with van der Waals surface area (Å²) in [5.74, 6) is -1.24. The summed E-state index contributed by atoms with van der Waals surface area (Å²) in [6.45, 7) is 3.63. The van der Waals surface area contributed by atoms with Crippen molar-refractivity contribution in [3.63, 3.8) is 0 Å². The molecule has 2 amide bonds. The standard InChI is InChI=1S/C15H21N3O2.ClH/c1-10-2-4-11(5-3-10)6-7-18-15(20)13-9-17-8-12(13)14(16)19;/h2-5,12-13,17H,6-9H2,1H3,(H2,16,19)(H,18,20);1H. The van der Waals surface area contributed by atoms with Gasteiger partial charge < -0.3 is 16.4 Å². The van der Waals surface area contributed by atoms with E-state index in [0.29, 0.717) is 19.6 Å². The Kier molecular flexibility index (Phi) is 6.65. The normalized spacial score (nSPS) is 20.6. The summed E-state index contributed by atoms with van der Waals surface area (Å²) in [7, 11) is 0. The number of hydrogen-bond acceptors (Lipinski definition) is 3.